The fraction of sp³-hybridized carbons (Fsp3) is 0.214. The van der Waals surface area contributed by atoms with Crippen LogP contribution in [-0.2, 0) is 4.79 Å². The molecule has 2 aromatic rings. The quantitative estimate of drug-likeness (QED) is 0.841. The predicted octanol–water partition coefficient (Wildman–Crippen LogP) is 4.37. The van der Waals surface area contributed by atoms with Gasteiger partial charge >= 0.3 is 0 Å². The van der Waals surface area contributed by atoms with E-state index in [1.54, 1.807) is 24.3 Å². The van der Waals surface area contributed by atoms with Gasteiger partial charge in [0.05, 0.1) is 10.0 Å². The van der Waals surface area contributed by atoms with Crippen molar-refractivity contribution in [2.24, 2.45) is 0 Å². The minimum absolute atomic E-state index is 0.274. The van der Waals surface area contributed by atoms with E-state index in [0.717, 1.165) is 17.8 Å². The molecule has 7 heteroatoms. The van der Waals surface area contributed by atoms with Gasteiger partial charge in [0.2, 0.25) is 11.0 Å². The summed E-state index contributed by atoms with van der Waals surface area (Å²) in [7, 11) is 0. The molecule has 1 aliphatic carbocycles. The summed E-state index contributed by atoms with van der Waals surface area (Å²) in [4.78, 5) is 11.8. The van der Waals surface area contributed by atoms with Crippen molar-refractivity contribution < 1.29 is 4.79 Å². The lowest BCUT2D eigenvalue weighted by molar-refractivity contribution is -0.111. The zero-order chi connectivity index (χ0) is 14.8. The number of anilines is 1. The number of rotatable bonds is 4. The lowest BCUT2D eigenvalue weighted by Crippen LogP contribution is -2.07. The van der Waals surface area contributed by atoms with Gasteiger partial charge in [-0.15, -0.1) is 10.2 Å². The van der Waals surface area contributed by atoms with Gasteiger partial charge < -0.3 is 0 Å². The van der Waals surface area contributed by atoms with Crippen LogP contribution < -0.4 is 5.32 Å². The van der Waals surface area contributed by atoms with Crippen molar-refractivity contribution in [3.63, 3.8) is 0 Å². The van der Waals surface area contributed by atoms with E-state index in [1.165, 1.54) is 17.4 Å². The summed E-state index contributed by atoms with van der Waals surface area (Å²) >= 11 is 13.4. The van der Waals surface area contributed by atoms with Crippen LogP contribution in [0.2, 0.25) is 10.0 Å². The molecule has 0 aliphatic heterocycles. The summed E-state index contributed by atoms with van der Waals surface area (Å²) in [6.07, 6.45) is 5.34. The molecular formula is C14H11Cl2N3OS. The van der Waals surface area contributed by atoms with Gasteiger partial charge in [-0.1, -0.05) is 46.7 Å². The highest BCUT2D eigenvalue weighted by atomic mass is 35.5. The summed E-state index contributed by atoms with van der Waals surface area (Å²) in [6.45, 7) is 0. The van der Waals surface area contributed by atoms with Crippen molar-refractivity contribution in [3.8, 4) is 0 Å². The Bertz CT molecular complexity index is 710. The SMILES string of the molecule is O=C(C=Cc1cccc(Cl)c1Cl)Nc1nnc(C2CC2)s1. The van der Waals surface area contributed by atoms with E-state index in [-0.39, 0.29) is 5.91 Å². The molecular weight excluding hydrogens is 329 g/mol. The van der Waals surface area contributed by atoms with E-state index in [9.17, 15) is 4.79 Å². The molecule has 108 valence electrons. The number of nitrogens with zero attached hydrogens (tertiary/aromatic N) is 2. The minimum Gasteiger partial charge on any atom is -0.297 e. The topological polar surface area (TPSA) is 54.9 Å². The highest BCUT2D eigenvalue weighted by Gasteiger charge is 2.27. The normalized spacial score (nSPS) is 14.6. The molecule has 1 saturated carbocycles. The van der Waals surface area contributed by atoms with Crippen molar-refractivity contribution in [3.05, 3.63) is 44.9 Å². The molecule has 0 radical (unpaired) electrons. The third kappa shape index (κ3) is 3.61. The molecule has 1 aromatic heterocycles. The summed E-state index contributed by atoms with van der Waals surface area (Å²) in [6, 6.07) is 5.26. The zero-order valence-corrected chi connectivity index (χ0v) is 13.2. The summed E-state index contributed by atoms with van der Waals surface area (Å²) in [5, 5.41) is 13.1. The molecule has 0 atom stereocenters. The zero-order valence-electron chi connectivity index (χ0n) is 10.8. The van der Waals surface area contributed by atoms with Gasteiger partial charge in [0.15, 0.2) is 0 Å². The van der Waals surface area contributed by atoms with E-state index >= 15 is 0 Å². The Morgan fingerprint density at radius 1 is 1.33 bits per heavy atom. The number of carbonyl (C=O) groups is 1. The fourth-order valence-electron chi connectivity index (χ4n) is 1.74. The smallest absolute Gasteiger partial charge is 0.250 e. The third-order valence-electron chi connectivity index (χ3n) is 2.99. The van der Waals surface area contributed by atoms with Gasteiger partial charge in [-0.25, -0.2) is 0 Å². The molecule has 0 saturated heterocycles. The van der Waals surface area contributed by atoms with Crippen LogP contribution in [0.4, 0.5) is 5.13 Å². The van der Waals surface area contributed by atoms with Crippen LogP contribution in [0.25, 0.3) is 6.08 Å². The van der Waals surface area contributed by atoms with Gasteiger partial charge in [0, 0.05) is 12.0 Å². The van der Waals surface area contributed by atoms with Crippen LogP contribution in [0.1, 0.15) is 29.3 Å². The van der Waals surface area contributed by atoms with E-state index in [1.807, 2.05) is 0 Å². The Morgan fingerprint density at radius 2 is 2.14 bits per heavy atom. The van der Waals surface area contributed by atoms with Crippen molar-refractivity contribution in [1.82, 2.24) is 10.2 Å². The maximum atomic E-state index is 11.8. The molecule has 1 amide bonds. The number of benzene rings is 1. The number of aromatic nitrogens is 2. The van der Waals surface area contributed by atoms with Crippen molar-refractivity contribution in [2.45, 2.75) is 18.8 Å². The molecule has 1 fully saturated rings. The molecule has 3 rings (SSSR count). The van der Waals surface area contributed by atoms with Crippen LogP contribution in [0, 0.1) is 0 Å². The summed E-state index contributed by atoms with van der Waals surface area (Å²) in [5.41, 5.74) is 0.690. The van der Waals surface area contributed by atoms with Crippen LogP contribution in [0.5, 0.6) is 0 Å². The average Bonchev–Trinajstić information content (AvgIpc) is 3.21. The van der Waals surface area contributed by atoms with Crippen molar-refractivity contribution in [1.29, 1.82) is 0 Å². The van der Waals surface area contributed by atoms with E-state index < -0.39 is 0 Å². The predicted molar refractivity (Wildman–Crippen MR) is 86.0 cm³/mol. The molecule has 21 heavy (non-hydrogen) atoms. The van der Waals surface area contributed by atoms with Crippen LogP contribution in [0.3, 0.4) is 0 Å². The molecule has 0 spiro atoms. The lowest BCUT2D eigenvalue weighted by Gasteiger charge is -2.00. The first-order valence-electron chi connectivity index (χ1n) is 6.40. The van der Waals surface area contributed by atoms with E-state index in [4.69, 9.17) is 23.2 Å². The maximum absolute atomic E-state index is 11.8. The van der Waals surface area contributed by atoms with Crippen LogP contribution >= 0.6 is 34.5 Å². The number of carbonyl (C=O) groups excluding carboxylic acids is 1. The summed E-state index contributed by atoms with van der Waals surface area (Å²) in [5.74, 6) is 0.263. The molecule has 4 nitrogen and oxygen atoms in total. The Labute approximate surface area is 135 Å². The van der Waals surface area contributed by atoms with Gasteiger partial charge in [0.25, 0.3) is 0 Å². The molecule has 1 N–H and O–H groups in total. The standard InChI is InChI=1S/C14H11Cl2N3OS/c15-10-3-1-2-8(12(10)16)6-7-11(20)17-14-19-18-13(21-14)9-4-5-9/h1-3,6-7,9H,4-5H2,(H,17,19,20). The van der Waals surface area contributed by atoms with Crippen molar-refractivity contribution >= 4 is 51.7 Å². The highest BCUT2D eigenvalue weighted by Crippen LogP contribution is 2.42. The second kappa shape index (κ2) is 6.13. The first-order chi connectivity index (χ1) is 10.1. The monoisotopic (exact) mass is 339 g/mol. The molecule has 0 bridgehead atoms. The van der Waals surface area contributed by atoms with Gasteiger partial charge in [-0.2, -0.15) is 0 Å². The largest absolute Gasteiger partial charge is 0.297 e. The minimum atomic E-state index is -0.274. The van der Waals surface area contributed by atoms with Gasteiger partial charge in [-0.3, -0.25) is 10.1 Å². The number of nitrogens with one attached hydrogen (secondary N) is 1. The Morgan fingerprint density at radius 3 is 2.90 bits per heavy atom. The fourth-order valence-corrected chi connectivity index (χ4v) is 3.03. The molecule has 1 aliphatic rings. The van der Waals surface area contributed by atoms with Crippen LogP contribution in [0.15, 0.2) is 24.3 Å². The van der Waals surface area contributed by atoms with E-state index in [0.29, 0.717) is 26.7 Å². The summed E-state index contributed by atoms with van der Waals surface area (Å²) < 4.78 is 0. The van der Waals surface area contributed by atoms with Gasteiger partial charge in [0.1, 0.15) is 5.01 Å². The number of hydrogen-bond donors (Lipinski definition) is 1. The number of hydrogen-bond acceptors (Lipinski definition) is 4. The highest BCUT2D eigenvalue weighted by molar-refractivity contribution is 7.15. The second-order valence-corrected chi connectivity index (χ2v) is 6.48. The second-order valence-electron chi connectivity index (χ2n) is 4.69. The molecule has 1 aromatic carbocycles. The van der Waals surface area contributed by atoms with E-state index in [2.05, 4.69) is 15.5 Å². The Hall–Kier alpha value is -1.43. The number of amides is 1. The Kier molecular flexibility index (Phi) is 4.24. The Balaban J connectivity index is 1.65. The number of halogens is 2. The first-order valence-corrected chi connectivity index (χ1v) is 7.97. The third-order valence-corrected chi connectivity index (χ3v) is 4.83. The average molecular weight is 340 g/mol. The van der Waals surface area contributed by atoms with Gasteiger partial charge in [-0.05, 0) is 30.5 Å². The molecule has 0 unspecified atom stereocenters. The van der Waals surface area contributed by atoms with Crippen molar-refractivity contribution in [2.75, 3.05) is 5.32 Å². The lowest BCUT2D eigenvalue weighted by atomic mass is 10.2. The first kappa shape index (κ1) is 14.5. The molecule has 1 heterocycles. The van der Waals surface area contributed by atoms with Crippen LogP contribution in [-0.4, -0.2) is 16.1 Å². The maximum Gasteiger partial charge on any atom is 0.250 e.